The standard InChI is InChI=1S/C16H21FN4/c1-4-10-18-15-12(3)16(20-11-19-15)21(5-2)14-9-7-6-8-13(14)17/h6-9,11H,4-5,10H2,1-3H3,(H,18,19,20). The van der Waals surface area contributed by atoms with Crippen molar-refractivity contribution in [1.82, 2.24) is 9.97 Å². The molecule has 21 heavy (non-hydrogen) atoms. The summed E-state index contributed by atoms with van der Waals surface area (Å²) in [6.07, 6.45) is 2.54. The number of nitrogens with zero attached hydrogens (tertiary/aromatic N) is 3. The maximum absolute atomic E-state index is 14.0. The number of para-hydroxylation sites is 1. The highest BCUT2D eigenvalue weighted by molar-refractivity contribution is 5.67. The van der Waals surface area contributed by atoms with Crippen LogP contribution in [0.25, 0.3) is 0 Å². The second kappa shape index (κ2) is 7.02. The maximum atomic E-state index is 14.0. The number of aromatic nitrogens is 2. The van der Waals surface area contributed by atoms with Crippen LogP contribution in [-0.2, 0) is 0 Å². The maximum Gasteiger partial charge on any atom is 0.146 e. The number of hydrogen-bond acceptors (Lipinski definition) is 4. The fourth-order valence-corrected chi connectivity index (χ4v) is 2.24. The fraction of sp³-hybridized carbons (Fsp3) is 0.375. The summed E-state index contributed by atoms with van der Waals surface area (Å²) in [6, 6.07) is 6.74. The molecule has 1 heterocycles. The Morgan fingerprint density at radius 3 is 2.62 bits per heavy atom. The fourth-order valence-electron chi connectivity index (χ4n) is 2.24. The van der Waals surface area contributed by atoms with Crippen LogP contribution in [0.5, 0.6) is 0 Å². The smallest absolute Gasteiger partial charge is 0.146 e. The minimum atomic E-state index is -0.250. The molecule has 1 aromatic heterocycles. The predicted octanol–water partition coefficient (Wildman–Crippen LogP) is 3.90. The van der Waals surface area contributed by atoms with Gasteiger partial charge in [-0.05, 0) is 32.4 Å². The van der Waals surface area contributed by atoms with E-state index in [1.165, 1.54) is 12.4 Å². The summed E-state index contributed by atoms with van der Waals surface area (Å²) in [7, 11) is 0. The molecule has 1 N–H and O–H groups in total. The van der Waals surface area contributed by atoms with E-state index in [0.29, 0.717) is 12.2 Å². The van der Waals surface area contributed by atoms with Crippen LogP contribution in [0, 0.1) is 12.7 Å². The van der Waals surface area contributed by atoms with Gasteiger partial charge in [-0.3, -0.25) is 0 Å². The van der Waals surface area contributed by atoms with Crippen LogP contribution < -0.4 is 10.2 Å². The molecular formula is C16H21FN4. The van der Waals surface area contributed by atoms with Crippen molar-refractivity contribution in [2.24, 2.45) is 0 Å². The Kier molecular flexibility index (Phi) is 5.09. The first-order valence-corrected chi connectivity index (χ1v) is 7.26. The molecule has 0 saturated heterocycles. The van der Waals surface area contributed by atoms with Gasteiger partial charge >= 0.3 is 0 Å². The molecule has 0 spiro atoms. The molecule has 0 fully saturated rings. The monoisotopic (exact) mass is 288 g/mol. The van der Waals surface area contributed by atoms with Gasteiger partial charge in [0.1, 0.15) is 23.8 Å². The lowest BCUT2D eigenvalue weighted by atomic mass is 10.2. The molecule has 0 bridgehead atoms. The Balaban J connectivity index is 2.41. The molecule has 0 atom stereocenters. The van der Waals surface area contributed by atoms with Crippen LogP contribution >= 0.6 is 0 Å². The summed E-state index contributed by atoms with van der Waals surface area (Å²) in [5, 5.41) is 3.28. The third-order valence-electron chi connectivity index (χ3n) is 3.32. The van der Waals surface area contributed by atoms with E-state index in [9.17, 15) is 4.39 Å². The Bertz CT molecular complexity index is 601. The summed E-state index contributed by atoms with van der Waals surface area (Å²) < 4.78 is 14.0. The number of benzene rings is 1. The number of nitrogens with one attached hydrogen (secondary N) is 1. The van der Waals surface area contributed by atoms with E-state index in [1.807, 2.05) is 24.8 Å². The van der Waals surface area contributed by atoms with E-state index in [2.05, 4.69) is 22.2 Å². The third kappa shape index (κ3) is 3.29. The van der Waals surface area contributed by atoms with Crippen LogP contribution in [0.1, 0.15) is 25.8 Å². The number of rotatable bonds is 6. The van der Waals surface area contributed by atoms with Crippen LogP contribution in [0.3, 0.4) is 0 Å². The zero-order chi connectivity index (χ0) is 15.2. The molecule has 4 nitrogen and oxygen atoms in total. The van der Waals surface area contributed by atoms with Gasteiger partial charge in [-0.1, -0.05) is 19.1 Å². The lowest BCUT2D eigenvalue weighted by molar-refractivity contribution is 0.625. The average molecular weight is 288 g/mol. The quantitative estimate of drug-likeness (QED) is 0.875. The zero-order valence-corrected chi connectivity index (χ0v) is 12.7. The van der Waals surface area contributed by atoms with E-state index in [4.69, 9.17) is 0 Å². The Labute approximate surface area is 125 Å². The highest BCUT2D eigenvalue weighted by atomic mass is 19.1. The minimum Gasteiger partial charge on any atom is -0.370 e. The van der Waals surface area contributed by atoms with Gasteiger partial charge in [0.05, 0.1) is 5.69 Å². The summed E-state index contributed by atoms with van der Waals surface area (Å²) in [5.41, 5.74) is 1.46. The topological polar surface area (TPSA) is 41.1 Å². The van der Waals surface area contributed by atoms with Crippen molar-refractivity contribution in [1.29, 1.82) is 0 Å². The second-order valence-electron chi connectivity index (χ2n) is 4.79. The molecule has 5 heteroatoms. The number of halogens is 1. The van der Waals surface area contributed by atoms with Gasteiger partial charge in [0.15, 0.2) is 0 Å². The number of hydrogen-bond donors (Lipinski definition) is 1. The van der Waals surface area contributed by atoms with Crippen LogP contribution in [0.4, 0.5) is 21.7 Å². The van der Waals surface area contributed by atoms with Crippen LogP contribution in [-0.4, -0.2) is 23.1 Å². The molecule has 0 saturated carbocycles. The molecule has 0 aliphatic carbocycles. The Morgan fingerprint density at radius 1 is 1.19 bits per heavy atom. The molecule has 0 unspecified atom stereocenters. The molecule has 0 amide bonds. The van der Waals surface area contributed by atoms with Gasteiger partial charge in [0.2, 0.25) is 0 Å². The molecular weight excluding hydrogens is 267 g/mol. The summed E-state index contributed by atoms with van der Waals surface area (Å²) in [6.45, 7) is 7.52. The molecule has 2 rings (SSSR count). The van der Waals surface area contributed by atoms with Gasteiger partial charge in [0.25, 0.3) is 0 Å². The highest BCUT2D eigenvalue weighted by Gasteiger charge is 2.17. The summed E-state index contributed by atoms with van der Waals surface area (Å²) in [5.74, 6) is 1.29. The van der Waals surface area contributed by atoms with Crippen molar-refractivity contribution in [2.75, 3.05) is 23.3 Å². The van der Waals surface area contributed by atoms with Crippen molar-refractivity contribution in [2.45, 2.75) is 27.2 Å². The van der Waals surface area contributed by atoms with E-state index in [-0.39, 0.29) is 5.82 Å². The summed E-state index contributed by atoms with van der Waals surface area (Å²) in [4.78, 5) is 10.5. The van der Waals surface area contributed by atoms with Crippen molar-refractivity contribution in [3.8, 4) is 0 Å². The first kappa shape index (κ1) is 15.2. The van der Waals surface area contributed by atoms with Crippen molar-refractivity contribution >= 4 is 17.3 Å². The lowest BCUT2D eigenvalue weighted by Gasteiger charge is -2.25. The van der Waals surface area contributed by atoms with E-state index in [1.54, 1.807) is 12.1 Å². The van der Waals surface area contributed by atoms with Crippen LogP contribution in [0.2, 0.25) is 0 Å². The molecule has 0 aliphatic heterocycles. The Morgan fingerprint density at radius 2 is 1.95 bits per heavy atom. The minimum absolute atomic E-state index is 0.250. The lowest BCUT2D eigenvalue weighted by Crippen LogP contribution is -2.20. The molecule has 0 radical (unpaired) electrons. The van der Waals surface area contributed by atoms with Gasteiger partial charge in [0, 0.05) is 18.7 Å². The molecule has 112 valence electrons. The number of anilines is 3. The van der Waals surface area contributed by atoms with Crippen molar-refractivity contribution < 1.29 is 4.39 Å². The van der Waals surface area contributed by atoms with Gasteiger partial charge < -0.3 is 10.2 Å². The molecule has 2 aromatic rings. The van der Waals surface area contributed by atoms with Crippen LogP contribution in [0.15, 0.2) is 30.6 Å². The zero-order valence-electron chi connectivity index (χ0n) is 12.7. The van der Waals surface area contributed by atoms with E-state index in [0.717, 1.165) is 30.2 Å². The highest BCUT2D eigenvalue weighted by Crippen LogP contribution is 2.30. The molecule has 1 aromatic carbocycles. The predicted molar refractivity (Wildman–Crippen MR) is 84.6 cm³/mol. The second-order valence-corrected chi connectivity index (χ2v) is 4.79. The summed E-state index contributed by atoms with van der Waals surface area (Å²) >= 11 is 0. The van der Waals surface area contributed by atoms with Crippen molar-refractivity contribution in [3.63, 3.8) is 0 Å². The first-order valence-electron chi connectivity index (χ1n) is 7.26. The van der Waals surface area contributed by atoms with Gasteiger partial charge in [-0.15, -0.1) is 0 Å². The van der Waals surface area contributed by atoms with Gasteiger partial charge in [-0.25, -0.2) is 14.4 Å². The van der Waals surface area contributed by atoms with E-state index >= 15 is 0 Å². The first-order chi connectivity index (χ1) is 10.2. The molecule has 0 aliphatic rings. The Hall–Kier alpha value is -2.17. The largest absolute Gasteiger partial charge is 0.370 e. The van der Waals surface area contributed by atoms with E-state index < -0.39 is 0 Å². The van der Waals surface area contributed by atoms with Crippen molar-refractivity contribution in [3.05, 3.63) is 42.0 Å². The average Bonchev–Trinajstić information content (AvgIpc) is 2.50. The SMILES string of the molecule is CCCNc1ncnc(N(CC)c2ccccc2F)c1C. The van der Waals surface area contributed by atoms with Gasteiger partial charge in [-0.2, -0.15) is 0 Å². The normalized spacial score (nSPS) is 10.5. The third-order valence-corrected chi connectivity index (χ3v) is 3.32.